The van der Waals surface area contributed by atoms with Crippen molar-refractivity contribution in [2.75, 3.05) is 18.9 Å². The summed E-state index contributed by atoms with van der Waals surface area (Å²) in [5.74, 6) is -0.0943. The van der Waals surface area contributed by atoms with E-state index >= 15 is 0 Å². The third kappa shape index (κ3) is 4.72. The third-order valence-corrected chi connectivity index (χ3v) is 6.90. The van der Waals surface area contributed by atoms with Gasteiger partial charge in [-0.05, 0) is 50.5 Å². The Morgan fingerprint density at radius 2 is 1.82 bits per heavy atom. The predicted octanol–water partition coefficient (Wildman–Crippen LogP) is 3.75. The van der Waals surface area contributed by atoms with E-state index in [1.165, 1.54) is 11.1 Å². The summed E-state index contributed by atoms with van der Waals surface area (Å²) in [4.78, 5) is 15.9. The Bertz CT molecular complexity index is 1180. The van der Waals surface area contributed by atoms with Crippen LogP contribution in [-0.2, 0) is 17.8 Å². The van der Waals surface area contributed by atoms with E-state index in [-0.39, 0.29) is 24.0 Å². The zero-order chi connectivity index (χ0) is 23.7. The number of rotatable bonds is 6. The lowest BCUT2D eigenvalue weighted by molar-refractivity contribution is -0.0843. The van der Waals surface area contributed by atoms with Crippen LogP contribution in [0.4, 0.5) is 5.69 Å². The quantitative estimate of drug-likeness (QED) is 0.433. The van der Waals surface area contributed by atoms with Gasteiger partial charge in [0, 0.05) is 35.7 Å². The minimum Gasteiger partial charge on any atom is -0.399 e. The number of nitrogens with one attached hydrogen (secondary N) is 1. The first-order valence-electron chi connectivity index (χ1n) is 12.1. The van der Waals surface area contributed by atoms with Crippen molar-refractivity contribution < 1.29 is 9.53 Å². The number of piperidine rings is 1. The second kappa shape index (κ2) is 9.60. The molecule has 1 amide bonds. The number of fused-ring (bicyclic) bond motifs is 3. The molecule has 2 bridgehead atoms. The van der Waals surface area contributed by atoms with E-state index in [0.29, 0.717) is 25.5 Å². The molecule has 0 unspecified atom stereocenters. The van der Waals surface area contributed by atoms with Crippen LogP contribution in [0.25, 0.3) is 10.9 Å². The third-order valence-electron chi connectivity index (χ3n) is 6.90. The lowest BCUT2D eigenvalue weighted by atomic mass is 9.89. The number of hydrogen-bond acceptors (Lipinski definition) is 5. The summed E-state index contributed by atoms with van der Waals surface area (Å²) in [7, 11) is 0. The number of amides is 1. The summed E-state index contributed by atoms with van der Waals surface area (Å²) in [6.45, 7) is 7.05. The van der Waals surface area contributed by atoms with Gasteiger partial charge in [-0.15, -0.1) is 0 Å². The number of morpholine rings is 1. The summed E-state index contributed by atoms with van der Waals surface area (Å²) < 4.78 is 7.78. The molecule has 0 radical (unpaired) electrons. The lowest BCUT2D eigenvalue weighted by Gasteiger charge is -2.48. The number of nitrogen functional groups attached to an aromatic ring is 1. The van der Waals surface area contributed by atoms with Crippen LogP contribution in [0.15, 0.2) is 60.2 Å². The number of aromatic nitrogens is 2. The summed E-state index contributed by atoms with van der Waals surface area (Å²) >= 11 is 0. The second-order valence-corrected chi connectivity index (χ2v) is 9.73. The Morgan fingerprint density at radius 1 is 1.12 bits per heavy atom. The molecule has 0 aliphatic carbocycles. The minimum absolute atomic E-state index is 0.0943. The predicted molar refractivity (Wildman–Crippen MR) is 134 cm³/mol. The lowest BCUT2D eigenvalue weighted by Crippen LogP contribution is -2.60. The van der Waals surface area contributed by atoms with Crippen LogP contribution < -0.4 is 11.1 Å². The maximum atomic E-state index is 13.3. The highest BCUT2D eigenvalue weighted by molar-refractivity contribution is 6.05. The van der Waals surface area contributed by atoms with Gasteiger partial charge in [-0.1, -0.05) is 42.0 Å². The van der Waals surface area contributed by atoms with Crippen molar-refractivity contribution in [2.45, 2.75) is 57.9 Å². The number of nitrogens with zero attached hydrogens (tertiary/aromatic N) is 3. The summed E-state index contributed by atoms with van der Waals surface area (Å²) in [5, 5.41) is 8.88. The number of ether oxygens (including phenoxy) is 1. The second-order valence-electron chi connectivity index (χ2n) is 9.73. The van der Waals surface area contributed by atoms with Crippen LogP contribution in [0.1, 0.15) is 42.7 Å². The van der Waals surface area contributed by atoms with Crippen LogP contribution in [0.3, 0.4) is 0 Å². The van der Waals surface area contributed by atoms with Gasteiger partial charge in [-0.2, -0.15) is 5.10 Å². The van der Waals surface area contributed by atoms with Gasteiger partial charge in [-0.3, -0.25) is 14.4 Å². The molecular formula is C27H33N5O2. The Labute approximate surface area is 200 Å². The Kier molecular flexibility index (Phi) is 6.39. The first-order chi connectivity index (χ1) is 16.5. The molecule has 5 rings (SSSR count). The van der Waals surface area contributed by atoms with Crippen LogP contribution in [0.2, 0.25) is 0 Å². The van der Waals surface area contributed by atoms with Crippen LogP contribution in [0.5, 0.6) is 0 Å². The molecule has 7 heteroatoms. The van der Waals surface area contributed by atoms with E-state index in [1.54, 1.807) is 0 Å². The van der Waals surface area contributed by atoms with Gasteiger partial charge in [0.25, 0.3) is 5.91 Å². The van der Waals surface area contributed by atoms with Crippen LogP contribution in [-0.4, -0.2) is 51.9 Å². The zero-order valence-corrected chi connectivity index (χ0v) is 19.9. The van der Waals surface area contributed by atoms with Crippen LogP contribution >= 0.6 is 0 Å². The first-order valence-corrected chi connectivity index (χ1v) is 12.1. The van der Waals surface area contributed by atoms with Gasteiger partial charge in [-0.25, -0.2) is 0 Å². The number of carbonyl (C=O) groups excluding carboxylic acids is 1. The molecule has 178 valence electrons. The molecule has 2 aromatic carbocycles. The van der Waals surface area contributed by atoms with Crippen molar-refractivity contribution in [2.24, 2.45) is 0 Å². The van der Waals surface area contributed by atoms with Crippen molar-refractivity contribution >= 4 is 22.5 Å². The standard InChI is InChI=1S/C27H33N5O2/c1-18(2)11-12-32-25-6-4-3-5-24(25)26(30-32)27(33)29-21-13-22-16-34-17-23(14-21)31(22)15-19-7-9-20(28)10-8-19/h3-11,21-23H,12-17,28H2,1-2H3,(H,29,33)/t21-,22-,23+. The smallest absolute Gasteiger partial charge is 0.272 e. The Hall–Kier alpha value is -3.16. The number of nitrogens with two attached hydrogens (primary N) is 1. The molecule has 2 aliphatic heterocycles. The van der Waals surface area contributed by atoms with Crippen LogP contribution in [0, 0.1) is 0 Å². The van der Waals surface area contributed by atoms with E-state index in [9.17, 15) is 4.79 Å². The summed E-state index contributed by atoms with van der Waals surface area (Å²) in [5.41, 5.74) is 10.6. The van der Waals surface area contributed by atoms with Gasteiger partial charge in [0.15, 0.2) is 5.69 Å². The molecule has 3 aromatic rings. The van der Waals surface area contributed by atoms with Gasteiger partial charge < -0.3 is 15.8 Å². The van der Waals surface area contributed by atoms with Crippen molar-refractivity contribution in [1.29, 1.82) is 0 Å². The first kappa shape index (κ1) is 22.6. The molecule has 0 saturated carbocycles. The molecule has 2 fully saturated rings. The monoisotopic (exact) mass is 459 g/mol. The number of anilines is 1. The largest absolute Gasteiger partial charge is 0.399 e. The van der Waals surface area contributed by atoms with E-state index in [0.717, 1.165) is 36.0 Å². The molecular weight excluding hydrogens is 426 g/mol. The van der Waals surface area contributed by atoms with Gasteiger partial charge >= 0.3 is 0 Å². The number of carbonyl (C=O) groups is 1. The number of benzene rings is 2. The Morgan fingerprint density at radius 3 is 2.53 bits per heavy atom. The highest BCUT2D eigenvalue weighted by Crippen LogP contribution is 2.30. The van der Waals surface area contributed by atoms with E-state index in [4.69, 9.17) is 15.6 Å². The molecule has 3 atom stereocenters. The minimum atomic E-state index is -0.0943. The SMILES string of the molecule is CC(C)=CCn1nc(C(=O)N[C@H]2C[C@H]3COC[C@@H](C2)N3Cc2ccc(N)cc2)c2ccccc21. The maximum Gasteiger partial charge on any atom is 0.272 e. The molecule has 2 aliphatic rings. The topological polar surface area (TPSA) is 85.4 Å². The fourth-order valence-electron chi connectivity index (χ4n) is 5.16. The van der Waals surface area contributed by atoms with Crippen molar-refractivity contribution in [1.82, 2.24) is 20.0 Å². The molecule has 1 aromatic heterocycles. The number of para-hydroxylation sites is 1. The highest BCUT2D eigenvalue weighted by atomic mass is 16.5. The Balaban J connectivity index is 1.30. The van der Waals surface area contributed by atoms with E-state index in [1.807, 2.05) is 41.1 Å². The zero-order valence-electron chi connectivity index (χ0n) is 19.9. The summed E-state index contributed by atoms with van der Waals surface area (Å²) in [6.07, 6.45) is 3.86. The average molecular weight is 460 g/mol. The fourth-order valence-corrected chi connectivity index (χ4v) is 5.16. The molecule has 34 heavy (non-hydrogen) atoms. The van der Waals surface area contributed by atoms with Gasteiger partial charge in [0.05, 0.1) is 25.3 Å². The number of allylic oxidation sites excluding steroid dienone is 2. The molecule has 0 spiro atoms. The van der Waals surface area contributed by atoms with Gasteiger partial charge in [0.1, 0.15) is 0 Å². The van der Waals surface area contributed by atoms with Crippen molar-refractivity contribution in [3.8, 4) is 0 Å². The number of hydrogen-bond donors (Lipinski definition) is 2. The van der Waals surface area contributed by atoms with Gasteiger partial charge in [0.2, 0.25) is 0 Å². The highest BCUT2D eigenvalue weighted by Gasteiger charge is 2.39. The normalized spacial score (nSPS) is 22.5. The molecule has 3 N–H and O–H groups in total. The van der Waals surface area contributed by atoms with Crippen molar-refractivity contribution in [3.63, 3.8) is 0 Å². The van der Waals surface area contributed by atoms with E-state index in [2.05, 4.69) is 42.3 Å². The average Bonchev–Trinajstić information content (AvgIpc) is 3.18. The summed E-state index contributed by atoms with van der Waals surface area (Å²) in [6, 6.07) is 16.7. The molecule has 3 heterocycles. The van der Waals surface area contributed by atoms with Crippen molar-refractivity contribution in [3.05, 3.63) is 71.4 Å². The van der Waals surface area contributed by atoms with E-state index < -0.39 is 0 Å². The molecule has 2 saturated heterocycles. The maximum absolute atomic E-state index is 13.3. The fraction of sp³-hybridized carbons (Fsp3) is 0.407. The molecule has 7 nitrogen and oxygen atoms in total.